The second-order valence-electron chi connectivity index (χ2n) is 6.48. The first-order valence-corrected chi connectivity index (χ1v) is 9.99. The van der Waals surface area contributed by atoms with Crippen molar-refractivity contribution >= 4 is 50.1 Å². The summed E-state index contributed by atoms with van der Waals surface area (Å²) in [6.07, 6.45) is 1.42. The molecule has 0 saturated carbocycles. The first kappa shape index (κ1) is 19.4. The summed E-state index contributed by atoms with van der Waals surface area (Å²) < 4.78 is 11.9. The first-order valence-electron chi connectivity index (χ1n) is 8.73. The number of hydrogen-bond acceptors (Lipinski definition) is 7. The van der Waals surface area contributed by atoms with Crippen molar-refractivity contribution in [1.82, 2.24) is 9.55 Å². The van der Waals surface area contributed by atoms with Crippen LogP contribution in [0.3, 0.4) is 0 Å². The molecule has 4 aromatic rings. The van der Waals surface area contributed by atoms with Crippen LogP contribution in [0.25, 0.3) is 21.2 Å². The van der Waals surface area contributed by atoms with Gasteiger partial charge in [-0.1, -0.05) is 11.6 Å². The number of ether oxygens (including phenoxy) is 1. The molecule has 148 valence electrons. The van der Waals surface area contributed by atoms with Gasteiger partial charge in [0.1, 0.15) is 17.0 Å². The van der Waals surface area contributed by atoms with Gasteiger partial charge in [-0.05, 0) is 36.1 Å². The van der Waals surface area contributed by atoms with E-state index in [9.17, 15) is 14.4 Å². The van der Waals surface area contributed by atoms with E-state index in [4.69, 9.17) is 20.8 Å². The number of carbonyl (C=O) groups excluding carboxylic acids is 1. The SMILES string of the molecule is Cc1cc2oc(=O)cc(COC(=O)CCn3cnc4sccc4c3=O)c2cc1Cl. The van der Waals surface area contributed by atoms with E-state index in [0.29, 0.717) is 31.8 Å². The van der Waals surface area contributed by atoms with Gasteiger partial charge in [-0.2, -0.15) is 0 Å². The molecule has 3 heterocycles. The van der Waals surface area contributed by atoms with Crippen LogP contribution in [0.2, 0.25) is 5.02 Å². The minimum Gasteiger partial charge on any atom is -0.461 e. The second-order valence-corrected chi connectivity index (χ2v) is 7.78. The van der Waals surface area contributed by atoms with Crippen molar-refractivity contribution in [3.63, 3.8) is 0 Å². The molecule has 0 spiro atoms. The molecular weight excluding hydrogens is 416 g/mol. The number of benzene rings is 1. The van der Waals surface area contributed by atoms with E-state index in [2.05, 4.69) is 4.98 Å². The molecule has 3 aromatic heterocycles. The lowest BCUT2D eigenvalue weighted by molar-refractivity contribution is -0.145. The maximum Gasteiger partial charge on any atom is 0.336 e. The Morgan fingerprint density at radius 1 is 1.28 bits per heavy atom. The van der Waals surface area contributed by atoms with E-state index < -0.39 is 11.6 Å². The van der Waals surface area contributed by atoms with E-state index in [1.807, 2.05) is 0 Å². The molecule has 0 aliphatic rings. The molecule has 0 amide bonds. The van der Waals surface area contributed by atoms with Gasteiger partial charge < -0.3 is 9.15 Å². The van der Waals surface area contributed by atoms with Crippen molar-refractivity contribution < 1.29 is 13.9 Å². The number of hydrogen-bond donors (Lipinski definition) is 0. The summed E-state index contributed by atoms with van der Waals surface area (Å²) in [5, 5.41) is 3.46. The summed E-state index contributed by atoms with van der Waals surface area (Å²) in [7, 11) is 0. The minimum absolute atomic E-state index is 0.00350. The molecule has 4 rings (SSSR count). The number of carbonyl (C=O) groups is 1. The van der Waals surface area contributed by atoms with Gasteiger partial charge in [0.25, 0.3) is 5.56 Å². The lowest BCUT2D eigenvalue weighted by Gasteiger charge is -2.09. The Hall–Kier alpha value is -2.97. The van der Waals surface area contributed by atoms with Gasteiger partial charge in [-0.3, -0.25) is 14.2 Å². The summed E-state index contributed by atoms with van der Waals surface area (Å²) in [5.41, 5.74) is 0.933. The van der Waals surface area contributed by atoms with Crippen LogP contribution in [0.15, 0.2) is 50.0 Å². The van der Waals surface area contributed by atoms with Crippen LogP contribution in [-0.4, -0.2) is 15.5 Å². The fourth-order valence-corrected chi connectivity index (χ4v) is 3.85. The van der Waals surface area contributed by atoms with Gasteiger partial charge in [-0.15, -0.1) is 11.3 Å². The topological polar surface area (TPSA) is 91.4 Å². The zero-order valence-corrected chi connectivity index (χ0v) is 16.9. The molecule has 7 nitrogen and oxygen atoms in total. The third-order valence-corrected chi connectivity index (χ3v) is 5.73. The number of rotatable bonds is 5. The molecule has 29 heavy (non-hydrogen) atoms. The summed E-state index contributed by atoms with van der Waals surface area (Å²) in [6, 6.07) is 6.34. The molecule has 0 fully saturated rings. The number of nitrogens with zero attached hydrogens (tertiary/aromatic N) is 2. The number of aryl methyl sites for hydroxylation is 2. The lowest BCUT2D eigenvalue weighted by atomic mass is 10.1. The smallest absolute Gasteiger partial charge is 0.336 e. The Morgan fingerprint density at radius 2 is 2.10 bits per heavy atom. The van der Waals surface area contributed by atoms with Crippen molar-refractivity contribution in [3.8, 4) is 0 Å². The first-order chi connectivity index (χ1) is 13.9. The predicted molar refractivity (Wildman–Crippen MR) is 111 cm³/mol. The molecule has 9 heteroatoms. The third kappa shape index (κ3) is 3.94. The molecule has 0 atom stereocenters. The molecule has 0 bridgehead atoms. The van der Waals surface area contributed by atoms with Crippen molar-refractivity contribution in [3.05, 3.63) is 72.9 Å². The third-order valence-electron chi connectivity index (χ3n) is 4.51. The number of esters is 1. The van der Waals surface area contributed by atoms with Gasteiger partial charge in [0, 0.05) is 28.6 Å². The second kappa shape index (κ2) is 7.81. The molecular formula is C20H15ClN2O5S. The Morgan fingerprint density at radius 3 is 2.93 bits per heavy atom. The van der Waals surface area contributed by atoms with Gasteiger partial charge >= 0.3 is 11.6 Å². The standard InChI is InChI=1S/C20H15ClN2O5S/c1-11-6-16-14(8-15(11)21)12(7-18(25)28-16)9-27-17(24)2-4-23-10-22-19-13(20(23)26)3-5-29-19/h3,5-8,10H,2,4,9H2,1H3. The summed E-state index contributed by atoms with van der Waals surface area (Å²) >= 11 is 7.55. The van der Waals surface area contributed by atoms with Crippen molar-refractivity contribution in [2.75, 3.05) is 0 Å². The van der Waals surface area contributed by atoms with Crippen molar-refractivity contribution in [2.24, 2.45) is 0 Å². The molecule has 0 saturated heterocycles. The highest BCUT2D eigenvalue weighted by Crippen LogP contribution is 2.25. The average Bonchev–Trinajstić information content (AvgIpc) is 3.16. The van der Waals surface area contributed by atoms with Gasteiger partial charge in [0.2, 0.25) is 0 Å². The van der Waals surface area contributed by atoms with Crippen molar-refractivity contribution in [1.29, 1.82) is 0 Å². The zero-order chi connectivity index (χ0) is 20.5. The van der Waals surface area contributed by atoms with E-state index >= 15 is 0 Å². The average molecular weight is 431 g/mol. The van der Waals surface area contributed by atoms with E-state index in [0.717, 1.165) is 5.56 Å². The van der Waals surface area contributed by atoms with Gasteiger partial charge in [0.05, 0.1) is 18.1 Å². The quantitative estimate of drug-likeness (QED) is 0.354. The predicted octanol–water partition coefficient (Wildman–Crippen LogP) is 3.66. The molecule has 0 aliphatic carbocycles. The van der Waals surface area contributed by atoms with Crippen LogP contribution in [0, 0.1) is 6.92 Å². The monoisotopic (exact) mass is 430 g/mol. The van der Waals surface area contributed by atoms with Gasteiger partial charge in [0.15, 0.2) is 0 Å². The number of aromatic nitrogens is 2. The maximum absolute atomic E-state index is 12.3. The number of thiophene rings is 1. The number of fused-ring (bicyclic) bond motifs is 2. The molecule has 1 aromatic carbocycles. The Labute approximate surface area is 173 Å². The molecule has 0 radical (unpaired) electrons. The maximum atomic E-state index is 12.3. The normalized spacial score (nSPS) is 11.2. The fourth-order valence-electron chi connectivity index (χ4n) is 2.96. The zero-order valence-electron chi connectivity index (χ0n) is 15.3. The van der Waals surface area contributed by atoms with Crippen LogP contribution in [0.4, 0.5) is 0 Å². The van der Waals surface area contributed by atoms with E-state index in [1.165, 1.54) is 28.3 Å². The van der Waals surface area contributed by atoms with Gasteiger partial charge in [-0.25, -0.2) is 9.78 Å². The fraction of sp³-hybridized carbons (Fsp3) is 0.200. The minimum atomic E-state index is -0.535. The summed E-state index contributed by atoms with van der Waals surface area (Å²) in [5.74, 6) is -0.498. The largest absolute Gasteiger partial charge is 0.461 e. The molecule has 0 unspecified atom stereocenters. The van der Waals surface area contributed by atoms with Crippen LogP contribution < -0.4 is 11.2 Å². The van der Waals surface area contributed by atoms with Crippen molar-refractivity contribution in [2.45, 2.75) is 26.5 Å². The summed E-state index contributed by atoms with van der Waals surface area (Å²) in [6.45, 7) is 1.86. The van der Waals surface area contributed by atoms with Crippen LogP contribution >= 0.6 is 22.9 Å². The molecule has 0 N–H and O–H groups in total. The molecule has 0 aliphatic heterocycles. The van der Waals surface area contributed by atoms with E-state index in [-0.39, 0.29) is 25.1 Å². The highest BCUT2D eigenvalue weighted by Gasteiger charge is 2.12. The Kier molecular flexibility index (Phi) is 5.21. The Balaban J connectivity index is 1.47. The van der Waals surface area contributed by atoms with Crippen LogP contribution in [-0.2, 0) is 22.7 Å². The van der Waals surface area contributed by atoms with Crippen LogP contribution in [0.1, 0.15) is 17.5 Å². The van der Waals surface area contributed by atoms with E-state index in [1.54, 1.807) is 30.5 Å². The lowest BCUT2D eigenvalue weighted by Crippen LogP contribution is -2.22. The number of halogens is 1. The van der Waals surface area contributed by atoms with Crippen LogP contribution in [0.5, 0.6) is 0 Å². The Bertz CT molecular complexity index is 1350. The highest BCUT2D eigenvalue weighted by atomic mass is 35.5. The summed E-state index contributed by atoms with van der Waals surface area (Å²) in [4.78, 5) is 41.2. The highest BCUT2D eigenvalue weighted by molar-refractivity contribution is 7.16.